The Bertz CT molecular complexity index is 1320. The maximum Gasteiger partial charge on any atom is 0.295 e. The molecule has 0 spiro atoms. The van der Waals surface area contributed by atoms with Crippen molar-refractivity contribution in [1.29, 1.82) is 0 Å². The van der Waals surface area contributed by atoms with Gasteiger partial charge in [-0.1, -0.05) is 30.3 Å². The molecule has 1 fully saturated rings. The fraction of sp³-hybridized carbons (Fsp3) is 0.267. The fourth-order valence-corrected chi connectivity index (χ4v) is 4.30. The Morgan fingerprint density at radius 3 is 2.26 bits per heavy atom. The monoisotopic (exact) mass is 518 g/mol. The molecular weight excluding hydrogens is 487 g/mol. The van der Waals surface area contributed by atoms with Crippen LogP contribution >= 0.6 is 0 Å². The van der Waals surface area contributed by atoms with E-state index in [1.807, 2.05) is 50.2 Å². The standard InChI is InChI=1S/C30H31FN2O5/c1-20-6-4-5-7-25(20)38-19-18-37-24-14-10-21(11-15-24)27-26(28(34)22-8-12-23(31)13-9-22)29(35)30(36)33(27)17-16-32(2)3/h4-15,27,34H,16-19H2,1-3H3/b28-26-. The third kappa shape index (κ3) is 6.03. The number of ether oxygens (including phenoxy) is 2. The Kier molecular flexibility index (Phi) is 8.43. The van der Waals surface area contributed by atoms with Gasteiger partial charge in [0.2, 0.25) is 0 Å². The number of carbonyl (C=O) groups is 2. The maximum absolute atomic E-state index is 13.4. The molecule has 0 radical (unpaired) electrons. The molecule has 198 valence electrons. The molecule has 38 heavy (non-hydrogen) atoms. The topological polar surface area (TPSA) is 79.3 Å². The summed E-state index contributed by atoms with van der Waals surface area (Å²) in [4.78, 5) is 29.4. The zero-order valence-electron chi connectivity index (χ0n) is 21.7. The van der Waals surface area contributed by atoms with Gasteiger partial charge in [-0.05, 0) is 74.6 Å². The Morgan fingerprint density at radius 2 is 1.61 bits per heavy atom. The number of nitrogens with zero attached hydrogens (tertiary/aromatic N) is 2. The molecule has 1 unspecified atom stereocenters. The predicted octanol–water partition coefficient (Wildman–Crippen LogP) is 4.58. The second kappa shape index (κ2) is 11.9. The van der Waals surface area contributed by atoms with Gasteiger partial charge in [0.15, 0.2) is 0 Å². The number of rotatable bonds is 10. The number of likely N-dealkylation sites (tertiary alicyclic amines) is 1. The van der Waals surface area contributed by atoms with Crippen LogP contribution in [-0.2, 0) is 9.59 Å². The molecule has 3 aromatic rings. The van der Waals surface area contributed by atoms with E-state index in [1.54, 1.807) is 24.3 Å². The number of para-hydroxylation sites is 1. The van der Waals surface area contributed by atoms with Crippen molar-refractivity contribution in [3.63, 3.8) is 0 Å². The zero-order valence-corrected chi connectivity index (χ0v) is 21.7. The van der Waals surface area contributed by atoms with Crippen molar-refractivity contribution in [2.24, 2.45) is 0 Å². The lowest BCUT2D eigenvalue weighted by Crippen LogP contribution is -2.35. The van der Waals surface area contributed by atoms with Crippen molar-refractivity contribution in [1.82, 2.24) is 9.80 Å². The van der Waals surface area contributed by atoms with Crippen molar-refractivity contribution in [3.05, 3.63) is 101 Å². The van der Waals surface area contributed by atoms with E-state index in [0.29, 0.717) is 31.1 Å². The van der Waals surface area contributed by atoms with Gasteiger partial charge in [0, 0.05) is 18.7 Å². The van der Waals surface area contributed by atoms with E-state index < -0.39 is 23.5 Å². The van der Waals surface area contributed by atoms with Gasteiger partial charge in [-0.3, -0.25) is 9.59 Å². The number of aliphatic hydroxyl groups excluding tert-OH is 1. The summed E-state index contributed by atoms with van der Waals surface area (Å²) < 4.78 is 25.0. The van der Waals surface area contributed by atoms with Crippen molar-refractivity contribution in [2.45, 2.75) is 13.0 Å². The molecule has 1 saturated heterocycles. The van der Waals surface area contributed by atoms with Crippen LogP contribution in [-0.4, -0.2) is 67.0 Å². The molecule has 1 amide bonds. The van der Waals surface area contributed by atoms with Gasteiger partial charge >= 0.3 is 0 Å². The number of aliphatic hydroxyl groups is 1. The predicted molar refractivity (Wildman–Crippen MR) is 143 cm³/mol. The summed E-state index contributed by atoms with van der Waals surface area (Å²) in [5, 5.41) is 11.0. The van der Waals surface area contributed by atoms with Crippen LogP contribution in [0.25, 0.3) is 5.76 Å². The molecule has 0 aliphatic carbocycles. The van der Waals surface area contributed by atoms with E-state index in [9.17, 15) is 19.1 Å². The first-order valence-electron chi connectivity index (χ1n) is 12.4. The third-order valence-electron chi connectivity index (χ3n) is 6.34. The molecular formula is C30H31FN2O5. The van der Waals surface area contributed by atoms with Gasteiger partial charge in [-0.15, -0.1) is 0 Å². The first kappa shape index (κ1) is 26.9. The number of carbonyl (C=O) groups excluding carboxylic acids is 2. The van der Waals surface area contributed by atoms with E-state index in [0.717, 1.165) is 11.3 Å². The van der Waals surface area contributed by atoms with Crippen molar-refractivity contribution >= 4 is 17.4 Å². The highest BCUT2D eigenvalue weighted by molar-refractivity contribution is 6.46. The summed E-state index contributed by atoms with van der Waals surface area (Å²) in [6, 6.07) is 19.2. The van der Waals surface area contributed by atoms with Crippen LogP contribution in [0.4, 0.5) is 4.39 Å². The quantitative estimate of drug-likeness (QED) is 0.183. The van der Waals surface area contributed by atoms with Crippen molar-refractivity contribution < 1.29 is 28.6 Å². The molecule has 1 heterocycles. The smallest absolute Gasteiger partial charge is 0.295 e. The largest absolute Gasteiger partial charge is 0.507 e. The van der Waals surface area contributed by atoms with Crippen LogP contribution < -0.4 is 9.47 Å². The number of halogens is 1. The van der Waals surface area contributed by atoms with Gasteiger partial charge in [0.1, 0.15) is 36.3 Å². The molecule has 0 aromatic heterocycles. The highest BCUT2D eigenvalue weighted by Gasteiger charge is 2.45. The number of hydrogen-bond donors (Lipinski definition) is 1. The highest BCUT2D eigenvalue weighted by Crippen LogP contribution is 2.39. The minimum atomic E-state index is -0.793. The first-order valence-corrected chi connectivity index (χ1v) is 12.4. The summed E-state index contributed by atoms with van der Waals surface area (Å²) in [5.41, 5.74) is 1.93. The van der Waals surface area contributed by atoms with Gasteiger partial charge in [0.25, 0.3) is 11.7 Å². The summed E-state index contributed by atoms with van der Waals surface area (Å²) in [6.07, 6.45) is 0. The van der Waals surface area contributed by atoms with Gasteiger partial charge in [0.05, 0.1) is 11.6 Å². The zero-order chi connectivity index (χ0) is 27.2. The molecule has 4 rings (SSSR count). The van der Waals surface area contributed by atoms with Crippen LogP contribution in [0.1, 0.15) is 22.7 Å². The van der Waals surface area contributed by atoms with Gasteiger partial charge in [-0.2, -0.15) is 0 Å². The SMILES string of the molecule is Cc1ccccc1OCCOc1ccc(C2/C(=C(/O)c3ccc(F)cc3)C(=O)C(=O)N2CCN(C)C)cc1. The number of benzene rings is 3. The number of Topliss-reactive ketones (excluding diaryl/α,β-unsaturated/α-hetero) is 1. The summed E-state index contributed by atoms with van der Waals surface area (Å²) in [5.74, 6) is -0.858. The molecule has 3 aromatic carbocycles. The molecule has 1 atom stereocenters. The minimum Gasteiger partial charge on any atom is -0.507 e. The van der Waals surface area contributed by atoms with Gasteiger partial charge < -0.3 is 24.4 Å². The maximum atomic E-state index is 13.4. The molecule has 1 aliphatic heterocycles. The van der Waals surface area contributed by atoms with Crippen LogP contribution in [0.5, 0.6) is 11.5 Å². The second-order valence-electron chi connectivity index (χ2n) is 9.33. The van der Waals surface area contributed by atoms with Gasteiger partial charge in [-0.25, -0.2) is 4.39 Å². The third-order valence-corrected chi connectivity index (χ3v) is 6.34. The first-order chi connectivity index (χ1) is 18.3. The highest BCUT2D eigenvalue weighted by atomic mass is 19.1. The van der Waals surface area contributed by atoms with E-state index in [2.05, 4.69) is 0 Å². The Morgan fingerprint density at radius 1 is 0.947 bits per heavy atom. The number of likely N-dealkylation sites (N-methyl/N-ethyl adjacent to an activating group) is 1. The van der Waals surface area contributed by atoms with Crippen LogP contribution in [0.3, 0.4) is 0 Å². The van der Waals surface area contributed by atoms with E-state index >= 15 is 0 Å². The van der Waals surface area contributed by atoms with Crippen LogP contribution in [0, 0.1) is 12.7 Å². The summed E-state index contributed by atoms with van der Waals surface area (Å²) in [7, 11) is 3.75. The fourth-order valence-electron chi connectivity index (χ4n) is 4.30. The molecule has 8 heteroatoms. The minimum absolute atomic E-state index is 0.0272. The average molecular weight is 519 g/mol. The van der Waals surface area contributed by atoms with Crippen LogP contribution in [0.15, 0.2) is 78.4 Å². The Labute approximate surface area is 221 Å². The van der Waals surface area contributed by atoms with Crippen molar-refractivity contribution in [3.8, 4) is 11.5 Å². The van der Waals surface area contributed by atoms with Crippen molar-refractivity contribution in [2.75, 3.05) is 40.4 Å². The molecule has 1 aliphatic rings. The second-order valence-corrected chi connectivity index (χ2v) is 9.33. The summed E-state index contributed by atoms with van der Waals surface area (Å²) in [6.45, 7) is 3.50. The van der Waals surface area contributed by atoms with E-state index in [4.69, 9.17) is 9.47 Å². The Balaban J connectivity index is 1.55. The van der Waals surface area contributed by atoms with Crippen LogP contribution in [0.2, 0.25) is 0 Å². The number of aryl methyl sites for hydroxylation is 1. The van der Waals surface area contributed by atoms with E-state index in [1.165, 1.54) is 29.2 Å². The molecule has 0 saturated carbocycles. The molecule has 0 bridgehead atoms. The number of hydrogen-bond acceptors (Lipinski definition) is 6. The van der Waals surface area contributed by atoms with E-state index in [-0.39, 0.29) is 23.4 Å². The lowest BCUT2D eigenvalue weighted by atomic mass is 9.95. The Hall–Kier alpha value is -4.17. The molecule has 7 nitrogen and oxygen atoms in total. The number of amides is 1. The normalized spacial score (nSPS) is 16.8. The average Bonchev–Trinajstić information content (AvgIpc) is 3.16. The number of ketones is 1. The molecule has 1 N–H and O–H groups in total. The lowest BCUT2D eigenvalue weighted by molar-refractivity contribution is -0.140. The summed E-state index contributed by atoms with van der Waals surface area (Å²) >= 11 is 0. The lowest BCUT2D eigenvalue weighted by Gasteiger charge is -2.26.